The number of aromatic amines is 1. The normalized spacial score (nSPS) is 19.8. The van der Waals surface area contributed by atoms with Gasteiger partial charge in [-0.25, -0.2) is 9.18 Å². The van der Waals surface area contributed by atoms with Gasteiger partial charge in [0.1, 0.15) is 5.82 Å². The minimum atomic E-state index is -0.557. The molecular formula is C20H23ClFN3O2. The van der Waals surface area contributed by atoms with E-state index in [-0.39, 0.29) is 29.4 Å². The molecule has 1 fully saturated rings. The first-order valence-corrected chi connectivity index (χ1v) is 9.58. The van der Waals surface area contributed by atoms with Crippen molar-refractivity contribution in [2.45, 2.75) is 52.1 Å². The molecule has 0 aliphatic carbocycles. The molecule has 2 aromatic rings. The van der Waals surface area contributed by atoms with Gasteiger partial charge >= 0.3 is 6.03 Å². The molecule has 2 amide bonds. The van der Waals surface area contributed by atoms with Gasteiger partial charge in [-0.15, -0.1) is 0 Å². The van der Waals surface area contributed by atoms with Gasteiger partial charge < -0.3 is 15.2 Å². The number of carbonyl (C=O) groups is 1. The van der Waals surface area contributed by atoms with Gasteiger partial charge in [0.15, 0.2) is 0 Å². The van der Waals surface area contributed by atoms with Gasteiger partial charge in [-0.1, -0.05) is 25.4 Å². The molecule has 2 bridgehead atoms. The molecule has 2 aliphatic heterocycles. The molecule has 2 atom stereocenters. The third kappa shape index (κ3) is 3.58. The molecule has 4 rings (SSSR count). The van der Waals surface area contributed by atoms with E-state index < -0.39 is 5.82 Å². The monoisotopic (exact) mass is 391 g/mol. The van der Waals surface area contributed by atoms with Crippen molar-refractivity contribution in [3.63, 3.8) is 0 Å². The minimum Gasteiger partial charge on any atom is -0.329 e. The lowest BCUT2D eigenvalue weighted by molar-refractivity contribution is 0.179. The Balaban J connectivity index is 0.00000102. The van der Waals surface area contributed by atoms with Crippen LogP contribution in [-0.4, -0.2) is 22.0 Å². The maximum Gasteiger partial charge on any atom is 0.322 e. The minimum absolute atomic E-state index is 0.0239. The number of aromatic nitrogens is 1. The predicted octanol–water partition coefficient (Wildman–Crippen LogP) is 4.80. The molecule has 7 heteroatoms. The van der Waals surface area contributed by atoms with E-state index in [0.29, 0.717) is 17.0 Å². The van der Waals surface area contributed by atoms with Gasteiger partial charge in [0, 0.05) is 23.3 Å². The fourth-order valence-electron chi connectivity index (χ4n) is 3.89. The first-order chi connectivity index (χ1) is 12.9. The number of nitrogens with one attached hydrogen (secondary N) is 2. The summed E-state index contributed by atoms with van der Waals surface area (Å²) in [5, 5.41) is 3.00. The molecule has 1 aromatic heterocycles. The van der Waals surface area contributed by atoms with Crippen molar-refractivity contribution < 1.29 is 9.18 Å². The average molecular weight is 392 g/mol. The Kier molecular flexibility index (Phi) is 5.56. The highest BCUT2D eigenvalue weighted by atomic mass is 35.5. The molecule has 1 saturated heterocycles. The van der Waals surface area contributed by atoms with Crippen LogP contribution in [0.25, 0.3) is 0 Å². The summed E-state index contributed by atoms with van der Waals surface area (Å²) in [6, 6.07) is 3.95. The molecule has 27 heavy (non-hydrogen) atoms. The molecule has 0 saturated carbocycles. The summed E-state index contributed by atoms with van der Waals surface area (Å²) >= 11 is 5.90. The van der Waals surface area contributed by atoms with Crippen LogP contribution in [0.1, 0.15) is 49.4 Å². The fraction of sp³-hybridized carbons (Fsp3) is 0.400. The number of H-pyrrole nitrogens is 1. The number of rotatable bonds is 1. The van der Waals surface area contributed by atoms with E-state index in [1.54, 1.807) is 24.1 Å². The first-order valence-electron chi connectivity index (χ1n) is 9.20. The SMILES string of the molecule is CC.Cc1cc(NC(=O)N2C3CCC2c2c[nH]c(=O)cc2C3)c(F)cc1Cl. The van der Waals surface area contributed by atoms with Crippen LogP contribution < -0.4 is 10.9 Å². The van der Waals surface area contributed by atoms with Gasteiger partial charge in [-0.2, -0.15) is 0 Å². The van der Waals surface area contributed by atoms with Crippen molar-refractivity contribution in [1.29, 1.82) is 0 Å². The highest BCUT2D eigenvalue weighted by molar-refractivity contribution is 6.31. The highest BCUT2D eigenvalue weighted by Crippen LogP contribution is 2.43. The van der Waals surface area contributed by atoms with E-state index in [4.69, 9.17) is 11.6 Å². The summed E-state index contributed by atoms with van der Waals surface area (Å²) in [5.41, 5.74) is 2.65. The van der Waals surface area contributed by atoms with Crippen LogP contribution in [-0.2, 0) is 6.42 Å². The summed E-state index contributed by atoms with van der Waals surface area (Å²) < 4.78 is 14.1. The highest BCUT2D eigenvalue weighted by Gasteiger charge is 2.42. The van der Waals surface area contributed by atoms with E-state index in [9.17, 15) is 14.0 Å². The number of hydrogen-bond acceptors (Lipinski definition) is 2. The second kappa shape index (κ2) is 7.72. The second-order valence-electron chi connectivity index (χ2n) is 6.65. The molecule has 2 unspecified atom stereocenters. The number of carbonyl (C=O) groups excluding carboxylic acids is 1. The molecule has 5 nitrogen and oxygen atoms in total. The summed E-state index contributed by atoms with van der Waals surface area (Å²) in [5.74, 6) is -0.557. The average Bonchev–Trinajstić information content (AvgIpc) is 2.96. The summed E-state index contributed by atoms with van der Waals surface area (Å²) in [6.45, 7) is 5.76. The van der Waals surface area contributed by atoms with Gasteiger partial charge in [-0.05, 0) is 55.0 Å². The van der Waals surface area contributed by atoms with Gasteiger partial charge in [0.2, 0.25) is 5.56 Å². The zero-order chi connectivity index (χ0) is 19.7. The molecule has 3 heterocycles. The van der Waals surface area contributed by atoms with Crippen LogP contribution in [0, 0.1) is 12.7 Å². The molecule has 0 radical (unpaired) electrons. The predicted molar refractivity (Wildman–Crippen MR) is 105 cm³/mol. The quantitative estimate of drug-likeness (QED) is 0.733. The maximum atomic E-state index is 14.1. The Bertz CT molecular complexity index is 928. The lowest BCUT2D eigenvalue weighted by Crippen LogP contribution is -2.44. The molecule has 144 valence electrons. The Labute approximate surface area is 162 Å². The summed E-state index contributed by atoms with van der Waals surface area (Å²) in [6.07, 6.45) is 4.03. The molecule has 2 N–H and O–H groups in total. The number of pyridine rings is 1. The number of aryl methyl sites for hydroxylation is 1. The van der Waals surface area contributed by atoms with E-state index in [2.05, 4.69) is 10.3 Å². The topological polar surface area (TPSA) is 65.2 Å². The van der Waals surface area contributed by atoms with Crippen molar-refractivity contribution in [3.05, 3.63) is 62.3 Å². The fourth-order valence-corrected chi connectivity index (χ4v) is 4.04. The van der Waals surface area contributed by atoms with Crippen molar-refractivity contribution in [3.8, 4) is 0 Å². The number of anilines is 1. The largest absolute Gasteiger partial charge is 0.329 e. The van der Waals surface area contributed by atoms with Crippen LogP contribution in [0.4, 0.5) is 14.9 Å². The molecule has 1 aromatic carbocycles. The third-order valence-electron chi connectivity index (χ3n) is 5.09. The number of urea groups is 1. The Morgan fingerprint density at radius 3 is 2.78 bits per heavy atom. The van der Waals surface area contributed by atoms with Crippen LogP contribution in [0.15, 0.2) is 29.2 Å². The van der Waals surface area contributed by atoms with Crippen molar-refractivity contribution >= 4 is 23.3 Å². The number of benzene rings is 1. The maximum absolute atomic E-state index is 14.1. The Morgan fingerprint density at radius 1 is 1.30 bits per heavy atom. The Morgan fingerprint density at radius 2 is 2.04 bits per heavy atom. The second-order valence-corrected chi connectivity index (χ2v) is 7.05. The van der Waals surface area contributed by atoms with Crippen LogP contribution in [0.2, 0.25) is 5.02 Å². The number of nitrogens with zero attached hydrogens (tertiary/aromatic N) is 1. The van der Waals surface area contributed by atoms with Crippen LogP contribution >= 0.6 is 11.6 Å². The molecule has 2 aliphatic rings. The zero-order valence-electron chi connectivity index (χ0n) is 15.6. The first kappa shape index (κ1) is 19.4. The molecular weight excluding hydrogens is 369 g/mol. The number of fused-ring (bicyclic) bond motifs is 4. The summed E-state index contributed by atoms with van der Waals surface area (Å²) in [7, 11) is 0. The standard InChI is InChI=1S/C18H17ClFN3O2.C2H6/c1-9-4-15(14(20)7-13(9)19)22-18(25)23-11-2-3-16(23)12-8-21-17(24)6-10(12)5-11;1-2/h4,6-8,11,16H,2-3,5H2,1H3,(H,21,24)(H,22,25);1-2H3. The number of amides is 2. The zero-order valence-corrected chi connectivity index (χ0v) is 16.4. The van der Waals surface area contributed by atoms with Crippen molar-refractivity contribution in [2.24, 2.45) is 0 Å². The third-order valence-corrected chi connectivity index (χ3v) is 5.49. The van der Waals surface area contributed by atoms with Crippen molar-refractivity contribution in [1.82, 2.24) is 9.88 Å². The summed E-state index contributed by atoms with van der Waals surface area (Å²) in [4.78, 5) is 28.8. The van der Waals surface area contributed by atoms with E-state index in [0.717, 1.165) is 24.0 Å². The van der Waals surface area contributed by atoms with E-state index in [1.807, 2.05) is 13.8 Å². The van der Waals surface area contributed by atoms with Crippen molar-refractivity contribution in [2.75, 3.05) is 5.32 Å². The lowest BCUT2D eigenvalue weighted by atomic mass is 9.95. The van der Waals surface area contributed by atoms with E-state index >= 15 is 0 Å². The van der Waals surface area contributed by atoms with Crippen LogP contribution in [0.5, 0.6) is 0 Å². The van der Waals surface area contributed by atoms with Gasteiger partial charge in [-0.3, -0.25) is 4.79 Å². The lowest BCUT2D eigenvalue weighted by Gasteiger charge is -2.36. The Hall–Kier alpha value is -2.34. The number of hydrogen-bond donors (Lipinski definition) is 2. The van der Waals surface area contributed by atoms with Gasteiger partial charge in [0.25, 0.3) is 0 Å². The molecule has 0 spiro atoms. The van der Waals surface area contributed by atoms with E-state index in [1.165, 1.54) is 12.1 Å². The number of halogens is 2. The van der Waals surface area contributed by atoms with Gasteiger partial charge in [0.05, 0.1) is 11.7 Å². The smallest absolute Gasteiger partial charge is 0.322 e. The van der Waals surface area contributed by atoms with Crippen LogP contribution in [0.3, 0.4) is 0 Å².